The van der Waals surface area contributed by atoms with E-state index in [1.54, 1.807) is 10.4 Å². The molecule has 8 aromatic rings. The largest absolute Gasteiger partial charge is 0.113 e. The van der Waals surface area contributed by atoms with Crippen LogP contribution in [0.25, 0.3) is 65.7 Å². The van der Waals surface area contributed by atoms with E-state index in [-0.39, 0.29) is 11.8 Å². The van der Waals surface area contributed by atoms with Crippen LogP contribution in [0.3, 0.4) is 0 Å². The second kappa shape index (κ2) is 11.9. The van der Waals surface area contributed by atoms with E-state index >= 15 is 0 Å². The van der Waals surface area contributed by atoms with E-state index in [0.29, 0.717) is 0 Å². The first-order valence-electron chi connectivity index (χ1n) is 18.6. The Morgan fingerprint density at radius 1 is 0.462 bits per heavy atom. The molecule has 2 atom stereocenters. The number of allylic oxidation sites excluding steroid dienone is 4. The molecule has 248 valence electrons. The van der Waals surface area contributed by atoms with Crippen molar-refractivity contribution in [3.05, 3.63) is 193 Å². The second-order valence-electron chi connectivity index (χ2n) is 15.3. The molecule has 0 nitrogen and oxygen atoms in total. The fourth-order valence-corrected chi connectivity index (χ4v) is 12.5. The third-order valence-corrected chi connectivity index (χ3v) is 15.6. The summed E-state index contributed by atoms with van der Waals surface area (Å²) < 4.78 is 0. The molecule has 0 bridgehead atoms. The van der Waals surface area contributed by atoms with Crippen molar-refractivity contribution in [3.63, 3.8) is 0 Å². The lowest BCUT2D eigenvalue weighted by atomic mass is 9.71. The Kier molecular flexibility index (Phi) is 7.10. The van der Waals surface area contributed by atoms with Gasteiger partial charge >= 0.3 is 0 Å². The molecule has 1 heterocycles. The zero-order valence-electron chi connectivity index (χ0n) is 29.9. The molecular weight excluding hydrogens is 641 g/mol. The molecule has 1 aliphatic heterocycles. The molecule has 0 saturated carbocycles. The van der Waals surface area contributed by atoms with Crippen LogP contribution >= 0.6 is 0 Å². The topological polar surface area (TPSA) is 0 Å². The van der Waals surface area contributed by atoms with Gasteiger partial charge in [0.25, 0.3) is 0 Å². The van der Waals surface area contributed by atoms with Crippen LogP contribution in [0.1, 0.15) is 29.5 Å². The molecule has 8 aromatic carbocycles. The van der Waals surface area contributed by atoms with Crippen molar-refractivity contribution in [3.8, 4) is 22.3 Å². The van der Waals surface area contributed by atoms with Crippen molar-refractivity contribution in [2.45, 2.75) is 25.9 Å². The quantitative estimate of drug-likeness (QED) is 0.128. The second-order valence-corrected chi connectivity index (χ2v) is 19.6. The first kappa shape index (κ1) is 31.0. The molecule has 0 N–H and O–H groups in total. The van der Waals surface area contributed by atoms with Crippen LogP contribution in [0.5, 0.6) is 0 Å². The van der Waals surface area contributed by atoms with E-state index in [1.807, 2.05) is 0 Å². The average Bonchev–Trinajstić information content (AvgIpc) is 3.42. The Labute approximate surface area is 307 Å². The summed E-state index contributed by atoms with van der Waals surface area (Å²) in [6.45, 7) is 7.52. The maximum absolute atomic E-state index is 2.63. The summed E-state index contributed by atoms with van der Waals surface area (Å²) in [6, 6.07) is 61.5. The summed E-state index contributed by atoms with van der Waals surface area (Å²) >= 11 is 0. The summed E-state index contributed by atoms with van der Waals surface area (Å²) in [6.07, 6.45) is 5.02. The highest BCUT2D eigenvalue weighted by Crippen LogP contribution is 2.50. The lowest BCUT2D eigenvalue weighted by Gasteiger charge is -2.32. The molecule has 0 amide bonds. The summed E-state index contributed by atoms with van der Waals surface area (Å²) in [5, 5.41) is 11.1. The van der Waals surface area contributed by atoms with Crippen LogP contribution in [-0.4, -0.2) is 8.07 Å². The highest BCUT2D eigenvalue weighted by atomic mass is 28.3. The van der Waals surface area contributed by atoms with Crippen LogP contribution in [0.4, 0.5) is 0 Å². The zero-order chi connectivity index (χ0) is 35.0. The fourth-order valence-electron chi connectivity index (χ4n) is 9.42. The lowest BCUT2D eigenvalue weighted by Crippen LogP contribution is -2.49. The van der Waals surface area contributed by atoms with Crippen LogP contribution in [0.15, 0.2) is 176 Å². The monoisotopic (exact) mass is 680 g/mol. The minimum absolute atomic E-state index is 0.161. The highest BCUT2D eigenvalue weighted by molar-refractivity contribution is 7.04. The van der Waals surface area contributed by atoms with Crippen LogP contribution in [0, 0.1) is 5.92 Å². The van der Waals surface area contributed by atoms with Gasteiger partial charge in [-0.2, -0.15) is 0 Å². The van der Waals surface area contributed by atoms with E-state index < -0.39 is 8.07 Å². The summed E-state index contributed by atoms with van der Waals surface area (Å²) in [5.74, 6) is 0.424. The summed E-state index contributed by atoms with van der Waals surface area (Å²) in [7, 11) is -1.94. The Morgan fingerprint density at radius 2 is 1.12 bits per heavy atom. The standard InChI is InChI=1S/C51H40Si/c1-33-43(36-19-8-5-9-20-36)29-39(34-16-6-4-7-17-34)30-44(33)51-42-24-13-12-23-41(42)50(38-27-26-35-18-10-11-21-37(35)28-38)47-32-49-45(31-46(47)51)40-22-14-15-25-48(40)52(49,2)3/h4-33,44H,1-3H3. The minimum Gasteiger partial charge on any atom is -0.0685 e. The van der Waals surface area contributed by atoms with Gasteiger partial charge in [0, 0.05) is 5.92 Å². The fraction of sp³-hybridized carbons (Fsp3) is 0.0980. The number of rotatable bonds is 4. The molecule has 10 rings (SSSR count). The van der Waals surface area contributed by atoms with Gasteiger partial charge in [0.05, 0.1) is 0 Å². The molecule has 52 heavy (non-hydrogen) atoms. The van der Waals surface area contributed by atoms with Crippen molar-refractivity contribution >= 4 is 61.9 Å². The molecule has 0 saturated heterocycles. The molecule has 2 unspecified atom stereocenters. The average molecular weight is 681 g/mol. The van der Waals surface area contributed by atoms with Crippen molar-refractivity contribution in [2.75, 3.05) is 0 Å². The van der Waals surface area contributed by atoms with E-state index in [4.69, 9.17) is 0 Å². The normalized spacial score (nSPS) is 17.5. The number of fused-ring (bicyclic) bond motifs is 6. The van der Waals surface area contributed by atoms with Crippen LogP contribution in [0.2, 0.25) is 13.1 Å². The third kappa shape index (κ3) is 4.73. The Hall–Kier alpha value is -5.76. The highest BCUT2D eigenvalue weighted by Gasteiger charge is 2.39. The van der Waals surface area contributed by atoms with Crippen molar-refractivity contribution < 1.29 is 0 Å². The number of hydrogen-bond acceptors (Lipinski definition) is 0. The van der Waals surface area contributed by atoms with Gasteiger partial charge in [-0.15, -0.1) is 0 Å². The molecule has 0 radical (unpaired) electrons. The van der Waals surface area contributed by atoms with E-state index in [9.17, 15) is 0 Å². The van der Waals surface area contributed by atoms with E-state index in [2.05, 4.69) is 196 Å². The van der Waals surface area contributed by atoms with Gasteiger partial charge in [-0.1, -0.05) is 184 Å². The van der Waals surface area contributed by atoms with Gasteiger partial charge in [-0.3, -0.25) is 0 Å². The van der Waals surface area contributed by atoms with Crippen LogP contribution < -0.4 is 10.4 Å². The zero-order valence-corrected chi connectivity index (χ0v) is 30.9. The van der Waals surface area contributed by atoms with Gasteiger partial charge < -0.3 is 0 Å². The van der Waals surface area contributed by atoms with Crippen molar-refractivity contribution in [2.24, 2.45) is 5.92 Å². The van der Waals surface area contributed by atoms with Gasteiger partial charge in [0.2, 0.25) is 0 Å². The predicted octanol–water partition coefficient (Wildman–Crippen LogP) is 12.5. The number of hydrogen-bond donors (Lipinski definition) is 0. The first-order chi connectivity index (χ1) is 25.5. The Balaban J connectivity index is 1.33. The predicted molar refractivity (Wildman–Crippen MR) is 227 cm³/mol. The smallest absolute Gasteiger partial charge is 0.0685 e. The molecule has 0 aromatic heterocycles. The maximum atomic E-state index is 2.63. The molecule has 1 aliphatic carbocycles. The van der Waals surface area contributed by atoms with Gasteiger partial charge in [-0.25, -0.2) is 0 Å². The molecule has 1 heteroatoms. The SMILES string of the molecule is CC1C(c2ccccc2)=CC(c2ccccc2)=CC1c1c2ccccc2c(-c2ccc3ccccc3c2)c2cc3c(cc12)-c1ccccc1[Si]3(C)C. The summed E-state index contributed by atoms with van der Waals surface area (Å²) in [4.78, 5) is 0. The van der Waals surface area contributed by atoms with Crippen molar-refractivity contribution in [1.29, 1.82) is 0 Å². The van der Waals surface area contributed by atoms with Gasteiger partial charge in [-0.05, 0) is 111 Å². The number of benzene rings is 8. The van der Waals surface area contributed by atoms with Gasteiger partial charge in [0.1, 0.15) is 8.07 Å². The maximum Gasteiger partial charge on any atom is 0.113 e. The molecule has 0 spiro atoms. The van der Waals surface area contributed by atoms with Crippen LogP contribution in [-0.2, 0) is 0 Å². The third-order valence-electron chi connectivity index (χ3n) is 12.1. The van der Waals surface area contributed by atoms with Gasteiger partial charge in [0.15, 0.2) is 0 Å². The molecular formula is C51H40Si. The summed E-state index contributed by atoms with van der Waals surface area (Å²) in [5.41, 5.74) is 12.1. The van der Waals surface area contributed by atoms with E-state index in [0.717, 1.165) is 0 Å². The minimum atomic E-state index is -1.94. The van der Waals surface area contributed by atoms with Crippen molar-refractivity contribution in [1.82, 2.24) is 0 Å². The molecule has 2 aliphatic rings. The van der Waals surface area contributed by atoms with E-state index in [1.165, 1.54) is 82.4 Å². The molecule has 0 fully saturated rings. The Morgan fingerprint density at radius 3 is 1.90 bits per heavy atom. The first-order valence-corrected chi connectivity index (χ1v) is 21.6. The Bertz CT molecular complexity index is 2770. The lowest BCUT2D eigenvalue weighted by molar-refractivity contribution is 0.663.